The number of amides is 1. The van der Waals surface area contributed by atoms with Crippen molar-refractivity contribution in [3.8, 4) is 0 Å². The van der Waals surface area contributed by atoms with Gasteiger partial charge < -0.3 is 15.0 Å². The van der Waals surface area contributed by atoms with Crippen LogP contribution in [-0.4, -0.2) is 47.0 Å². The number of hydrogen-bond donors (Lipinski definition) is 1. The van der Waals surface area contributed by atoms with Gasteiger partial charge in [-0.15, -0.1) is 0 Å². The van der Waals surface area contributed by atoms with E-state index >= 15 is 0 Å². The molecule has 6 heteroatoms. The van der Waals surface area contributed by atoms with E-state index in [1.54, 1.807) is 0 Å². The number of aryl methyl sites for hydroxylation is 1. The van der Waals surface area contributed by atoms with Crippen LogP contribution in [-0.2, 0) is 16.0 Å². The summed E-state index contributed by atoms with van der Waals surface area (Å²) < 4.78 is 4.88. The molecule has 0 spiro atoms. The van der Waals surface area contributed by atoms with Gasteiger partial charge in [0.05, 0.1) is 13.0 Å². The minimum absolute atomic E-state index is 0.00506. The van der Waals surface area contributed by atoms with Gasteiger partial charge in [-0.1, -0.05) is 0 Å². The van der Waals surface area contributed by atoms with Crippen molar-refractivity contribution < 1.29 is 14.3 Å². The van der Waals surface area contributed by atoms with Gasteiger partial charge in [0.15, 0.2) is 0 Å². The van der Waals surface area contributed by atoms with Crippen LogP contribution in [0, 0.1) is 5.92 Å². The average molecular weight is 345 g/mol. The molecule has 0 radical (unpaired) electrons. The fraction of sp³-hybridized carbons (Fsp3) is 0.632. The predicted octanol–water partition coefficient (Wildman–Crippen LogP) is 2.63. The van der Waals surface area contributed by atoms with E-state index in [1.807, 2.05) is 17.2 Å². The van der Waals surface area contributed by atoms with Crippen molar-refractivity contribution in [3.63, 3.8) is 0 Å². The highest BCUT2D eigenvalue weighted by molar-refractivity contribution is 5.97. The second-order valence-electron chi connectivity index (χ2n) is 8.05. The third-order valence-corrected chi connectivity index (χ3v) is 4.97. The first-order chi connectivity index (χ1) is 11.8. The van der Waals surface area contributed by atoms with Crippen LogP contribution in [0.5, 0.6) is 0 Å². The molecule has 1 amide bonds. The molecule has 0 aromatic carbocycles. The van der Waals surface area contributed by atoms with E-state index in [9.17, 15) is 9.59 Å². The lowest BCUT2D eigenvalue weighted by molar-refractivity contribution is -0.147. The molecule has 1 aromatic heterocycles. The molecule has 1 saturated heterocycles. The predicted molar refractivity (Wildman–Crippen MR) is 95.5 cm³/mol. The highest BCUT2D eigenvalue weighted by Gasteiger charge is 2.38. The smallest absolute Gasteiger partial charge is 0.310 e. The summed E-state index contributed by atoms with van der Waals surface area (Å²) in [6.45, 7) is 6.62. The number of rotatable bonds is 2. The summed E-state index contributed by atoms with van der Waals surface area (Å²) in [4.78, 5) is 31.4. The number of esters is 1. The maximum atomic E-state index is 13.2. The Labute approximate surface area is 148 Å². The molecule has 1 N–H and O–H groups in total. The van der Waals surface area contributed by atoms with Crippen LogP contribution < -0.4 is 5.32 Å². The quantitative estimate of drug-likeness (QED) is 0.834. The summed E-state index contributed by atoms with van der Waals surface area (Å²) in [7, 11) is 1.41. The fourth-order valence-corrected chi connectivity index (χ4v) is 3.75. The Morgan fingerprint density at radius 3 is 2.76 bits per heavy atom. The van der Waals surface area contributed by atoms with E-state index in [2.05, 4.69) is 31.1 Å². The molecule has 0 saturated carbocycles. The minimum atomic E-state index is -0.222. The molecule has 3 rings (SSSR count). The number of carbonyl (C=O) groups is 2. The zero-order valence-corrected chi connectivity index (χ0v) is 15.5. The normalized spacial score (nSPS) is 23.4. The molecule has 2 aliphatic rings. The third kappa shape index (κ3) is 3.78. The highest BCUT2D eigenvalue weighted by Crippen LogP contribution is 2.32. The zero-order chi connectivity index (χ0) is 18.2. The first-order valence-corrected chi connectivity index (χ1v) is 8.94. The number of hydrogen-bond acceptors (Lipinski definition) is 5. The van der Waals surface area contributed by atoms with Crippen molar-refractivity contribution in [1.82, 2.24) is 9.88 Å². The van der Waals surface area contributed by atoms with E-state index in [4.69, 9.17) is 4.74 Å². The molecule has 0 bridgehead atoms. The number of nitrogens with zero attached hydrogens (tertiary/aromatic N) is 2. The number of anilines is 1. The van der Waals surface area contributed by atoms with E-state index in [0.717, 1.165) is 31.2 Å². The van der Waals surface area contributed by atoms with Gasteiger partial charge in [-0.05, 0) is 58.1 Å². The molecule has 136 valence electrons. The van der Waals surface area contributed by atoms with E-state index < -0.39 is 0 Å². The van der Waals surface area contributed by atoms with Gasteiger partial charge in [0, 0.05) is 29.9 Å². The van der Waals surface area contributed by atoms with Crippen molar-refractivity contribution in [3.05, 3.63) is 23.4 Å². The van der Waals surface area contributed by atoms with E-state index in [1.165, 1.54) is 7.11 Å². The number of methoxy groups -OCH3 is 1. The molecule has 2 unspecified atom stereocenters. The van der Waals surface area contributed by atoms with Crippen LogP contribution >= 0.6 is 0 Å². The Kier molecular flexibility index (Phi) is 4.71. The number of pyridine rings is 1. The van der Waals surface area contributed by atoms with Crippen LogP contribution in [0.15, 0.2) is 12.3 Å². The summed E-state index contributed by atoms with van der Waals surface area (Å²) in [5.41, 5.74) is 1.57. The molecular weight excluding hydrogens is 318 g/mol. The Morgan fingerprint density at radius 2 is 2.08 bits per heavy atom. The third-order valence-electron chi connectivity index (χ3n) is 4.97. The molecule has 1 fully saturated rings. The maximum absolute atomic E-state index is 13.2. The maximum Gasteiger partial charge on any atom is 0.310 e. The van der Waals surface area contributed by atoms with Crippen LogP contribution in [0.4, 0.5) is 5.82 Å². The number of piperidine rings is 1. The Morgan fingerprint density at radius 1 is 1.32 bits per heavy atom. The molecule has 25 heavy (non-hydrogen) atoms. The summed E-state index contributed by atoms with van der Waals surface area (Å²) in [6, 6.07) is 2.05. The van der Waals surface area contributed by atoms with Gasteiger partial charge in [-0.3, -0.25) is 9.59 Å². The second kappa shape index (κ2) is 6.65. The molecule has 1 aromatic rings. The molecule has 2 aliphatic heterocycles. The number of nitrogens with one attached hydrogen (secondary N) is 1. The lowest BCUT2D eigenvalue weighted by Crippen LogP contribution is -2.48. The van der Waals surface area contributed by atoms with Gasteiger partial charge >= 0.3 is 5.97 Å². The van der Waals surface area contributed by atoms with Gasteiger partial charge in [-0.2, -0.15) is 0 Å². The number of aromatic nitrogens is 1. The van der Waals surface area contributed by atoms with Crippen molar-refractivity contribution in [2.24, 2.45) is 5.92 Å². The largest absolute Gasteiger partial charge is 0.469 e. The fourth-order valence-electron chi connectivity index (χ4n) is 3.75. The lowest BCUT2D eigenvalue weighted by Gasteiger charge is -2.37. The zero-order valence-electron chi connectivity index (χ0n) is 15.5. The van der Waals surface area contributed by atoms with Crippen LogP contribution in [0.2, 0.25) is 0 Å². The van der Waals surface area contributed by atoms with Crippen molar-refractivity contribution in [2.45, 2.75) is 58.0 Å². The summed E-state index contributed by atoms with van der Waals surface area (Å²) in [5, 5.41) is 3.32. The van der Waals surface area contributed by atoms with Crippen LogP contribution in [0.1, 0.15) is 56.0 Å². The van der Waals surface area contributed by atoms with Crippen molar-refractivity contribution in [1.29, 1.82) is 0 Å². The SMILES string of the molecule is COC(=O)C1CCC2CCc3cnc(NC(C)(C)C)cc3C(=O)N2C1. The first kappa shape index (κ1) is 17.7. The van der Waals surface area contributed by atoms with E-state index in [-0.39, 0.29) is 29.4 Å². The molecule has 6 nitrogen and oxygen atoms in total. The van der Waals surface area contributed by atoms with Crippen molar-refractivity contribution in [2.75, 3.05) is 19.0 Å². The van der Waals surface area contributed by atoms with Crippen molar-refractivity contribution >= 4 is 17.7 Å². The highest BCUT2D eigenvalue weighted by atomic mass is 16.5. The minimum Gasteiger partial charge on any atom is -0.469 e. The molecule has 0 aliphatic carbocycles. The van der Waals surface area contributed by atoms with Gasteiger partial charge in [0.1, 0.15) is 5.82 Å². The second-order valence-corrected chi connectivity index (χ2v) is 8.05. The van der Waals surface area contributed by atoms with Gasteiger partial charge in [0.2, 0.25) is 0 Å². The lowest BCUT2D eigenvalue weighted by atomic mass is 9.91. The topological polar surface area (TPSA) is 71.5 Å². The summed E-state index contributed by atoms with van der Waals surface area (Å²) in [6.07, 6.45) is 5.21. The number of carbonyl (C=O) groups excluding carboxylic acids is 2. The van der Waals surface area contributed by atoms with Crippen LogP contribution in [0.3, 0.4) is 0 Å². The number of ether oxygens (including phenoxy) is 1. The summed E-state index contributed by atoms with van der Waals surface area (Å²) >= 11 is 0. The average Bonchev–Trinajstić information content (AvgIpc) is 2.70. The molecular formula is C19H27N3O3. The van der Waals surface area contributed by atoms with Gasteiger partial charge in [0.25, 0.3) is 5.91 Å². The Balaban J connectivity index is 1.88. The monoisotopic (exact) mass is 345 g/mol. The first-order valence-electron chi connectivity index (χ1n) is 8.94. The molecule has 2 atom stereocenters. The van der Waals surface area contributed by atoms with Crippen LogP contribution in [0.25, 0.3) is 0 Å². The Hall–Kier alpha value is -2.11. The standard InChI is InChI=1S/C19H27N3O3/c1-19(2,3)21-16-9-15-12(10-20-16)5-7-14-8-6-13(18(24)25-4)11-22(14)17(15)23/h9-10,13-14H,5-8,11H2,1-4H3,(H,20,21). The Bertz CT molecular complexity index is 681. The molecule has 3 heterocycles. The van der Waals surface area contributed by atoms with E-state index in [0.29, 0.717) is 17.9 Å². The summed E-state index contributed by atoms with van der Waals surface area (Å²) in [5.74, 6) is 0.270. The number of fused-ring (bicyclic) bond motifs is 2. The van der Waals surface area contributed by atoms with Gasteiger partial charge in [-0.25, -0.2) is 4.98 Å².